The zero-order chi connectivity index (χ0) is 11.4. The van der Waals surface area contributed by atoms with Crippen LogP contribution in [0.2, 0.25) is 0 Å². The van der Waals surface area contributed by atoms with Crippen LogP contribution in [0.5, 0.6) is 0 Å². The molecule has 4 heteroatoms. The van der Waals surface area contributed by atoms with E-state index in [9.17, 15) is 0 Å². The van der Waals surface area contributed by atoms with Gasteiger partial charge in [-0.3, -0.25) is 4.90 Å². The quantitative estimate of drug-likeness (QED) is 0.853. The van der Waals surface area contributed by atoms with Gasteiger partial charge in [-0.15, -0.1) is 11.3 Å². The lowest BCUT2D eigenvalue weighted by molar-refractivity contribution is 0.235. The molecule has 1 fully saturated rings. The molecule has 3 nitrogen and oxygen atoms in total. The fraction of sp³-hybridized carbons (Fsp3) is 0.750. The number of thiazole rings is 1. The topological polar surface area (TPSA) is 28.2 Å². The van der Waals surface area contributed by atoms with Crippen LogP contribution in [0.1, 0.15) is 31.7 Å². The van der Waals surface area contributed by atoms with Gasteiger partial charge in [-0.1, -0.05) is 13.8 Å². The van der Waals surface area contributed by atoms with Crippen molar-refractivity contribution in [1.29, 1.82) is 0 Å². The van der Waals surface area contributed by atoms with Crippen LogP contribution in [0.15, 0.2) is 11.6 Å². The zero-order valence-electron chi connectivity index (χ0n) is 10.1. The molecule has 1 N–H and O–H groups in total. The van der Waals surface area contributed by atoms with Crippen LogP contribution in [-0.2, 0) is 6.54 Å². The van der Waals surface area contributed by atoms with Crippen molar-refractivity contribution < 1.29 is 0 Å². The maximum absolute atomic E-state index is 4.37. The summed E-state index contributed by atoms with van der Waals surface area (Å²) in [6.07, 6.45) is 4.55. The van der Waals surface area contributed by atoms with Crippen LogP contribution in [0.3, 0.4) is 0 Å². The molecule has 0 bridgehead atoms. The second-order valence-electron chi connectivity index (χ2n) is 4.76. The fourth-order valence-electron chi connectivity index (χ4n) is 2.21. The molecular weight excluding hydrogens is 218 g/mol. The Bertz CT molecular complexity index is 297. The van der Waals surface area contributed by atoms with Gasteiger partial charge in [-0.05, 0) is 19.4 Å². The minimum atomic E-state index is 0.585. The first-order valence-corrected chi connectivity index (χ1v) is 6.99. The van der Waals surface area contributed by atoms with Crippen molar-refractivity contribution in [2.45, 2.75) is 45.3 Å². The predicted octanol–water partition coefficient (Wildman–Crippen LogP) is 2.11. The molecule has 0 amide bonds. The Labute approximate surface area is 102 Å². The third-order valence-corrected chi connectivity index (χ3v) is 3.85. The number of hydrogen-bond acceptors (Lipinski definition) is 4. The second kappa shape index (κ2) is 5.75. The molecule has 1 aliphatic rings. The molecule has 2 rings (SSSR count). The van der Waals surface area contributed by atoms with E-state index < -0.39 is 0 Å². The molecule has 90 valence electrons. The predicted molar refractivity (Wildman–Crippen MR) is 68.7 cm³/mol. The monoisotopic (exact) mass is 239 g/mol. The summed E-state index contributed by atoms with van der Waals surface area (Å²) in [6.45, 7) is 7.79. The third-order valence-electron chi connectivity index (χ3n) is 3.08. The van der Waals surface area contributed by atoms with Gasteiger partial charge < -0.3 is 5.32 Å². The van der Waals surface area contributed by atoms with Crippen molar-refractivity contribution in [1.82, 2.24) is 15.2 Å². The van der Waals surface area contributed by atoms with Crippen molar-refractivity contribution in [3.63, 3.8) is 0 Å². The van der Waals surface area contributed by atoms with E-state index in [-0.39, 0.29) is 0 Å². The summed E-state index contributed by atoms with van der Waals surface area (Å²) >= 11 is 1.76. The van der Waals surface area contributed by atoms with Gasteiger partial charge in [0.25, 0.3) is 0 Å². The Morgan fingerprint density at radius 3 is 3.19 bits per heavy atom. The van der Waals surface area contributed by atoms with Crippen LogP contribution in [0.25, 0.3) is 0 Å². The second-order valence-corrected chi connectivity index (χ2v) is 5.73. The lowest BCUT2D eigenvalue weighted by Gasteiger charge is -2.24. The largest absolute Gasteiger partial charge is 0.313 e. The zero-order valence-corrected chi connectivity index (χ0v) is 11.0. The lowest BCUT2D eigenvalue weighted by atomic mass is 10.2. The van der Waals surface area contributed by atoms with Gasteiger partial charge in [0.1, 0.15) is 5.01 Å². The minimum Gasteiger partial charge on any atom is -0.313 e. The third kappa shape index (κ3) is 3.27. The SMILES string of the molecule is CC(C)NCC1CCCN1Cc1nccs1. The summed E-state index contributed by atoms with van der Waals surface area (Å²) in [5.41, 5.74) is 0. The van der Waals surface area contributed by atoms with Crippen molar-refractivity contribution in [2.24, 2.45) is 0 Å². The van der Waals surface area contributed by atoms with Gasteiger partial charge in [0, 0.05) is 30.2 Å². The molecule has 1 aliphatic heterocycles. The molecule has 2 heterocycles. The first-order chi connectivity index (χ1) is 7.75. The highest BCUT2D eigenvalue weighted by Gasteiger charge is 2.24. The van der Waals surface area contributed by atoms with E-state index in [1.165, 1.54) is 24.4 Å². The van der Waals surface area contributed by atoms with E-state index in [2.05, 4.69) is 34.4 Å². The molecule has 0 aromatic carbocycles. The van der Waals surface area contributed by atoms with Crippen molar-refractivity contribution >= 4 is 11.3 Å². The maximum atomic E-state index is 4.37. The first kappa shape index (κ1) is 12.0. The summed E-state index contributed by atoms with van der Waals surface area (Å²) in [5.74, 6) is 0. The maximum Gasteiger partial charge on any atom is 0.107 e. The van der Waals surface area contributed by atoms with Gasteiger partial charge >= 0.3 is 0 Å². The average Bonchev–Trinajstić information content (AvgIpc) is 2.87. The molecule has 1 saturated heterocycles. The average molecular weight is 239 g/mol. The fourth-order valence-corrected chi connectivity index (χ4v) is 2.85. The molecule has 0 radical (unpaired) electrons. The van der Waals surface area contributed by atoms with Crippen molar-refractivity contribution in [3.05, 3.63) is 16.6 Å². The van der Waals surface area contributed by atoms with E-state index in [1.54, 1.807) is 11.3 Å². The van der Waals surface area contributed by atoms with Crippen LogP contribution in [0.4, 0.5) is 0 Å². The highest BCUT2D eigenvalue weighted by Crippen LogP contribution is 2.20. The standard InChI is InChI=1S/C12H21N3S/c1-10(2)14-8-11-4-3-6-15(11)9-12-13-5-7-16-12/h5,7,10-11,14H,3-4,6,8-9H2,1-2H3. The van der Waals surface area contributed by atoms with Gasteiger partial charge in [-0.25, -0.2) is 4.98 Å². The Kier molecular flexibility index (Phi) is 4.32. The Morgan fingerprint density at radius 2 is 2.50 bits per heavy atom. The van der Waals surface area contributed by atoms with Gasteiger partial charge in [0.15, 0.2) is 0 Å². The number of nitrogens with one attached hydrogen (secondary N) is 1. The number of rotatable bonds is 5. The summed E-state index contributed by atoms with van der Waals surface area (Å²) in [4.78, 5) is 6.93. The van der Waals surface area contributed by atoms with Crippen LogP contribution >= 0.6 is 11.3 Å². The summed E-state index contributed by atoms with van der Waals surface area (Å²) in [6, 6.07) is 1.29. The number of nitrogens with zero attached hydrogens (tertiary/aromatic N) is 2. The van der Waals surface area contributed by atoms with Gasteiger partial charge in [-0.2, -0.15) is 0 Å². The summed E-state index contributed by atoms with van der Waals surface area (Å²) < 4.78 is 0. The Morgan fingerprint density at radius 1 is 1.62 bits per heavy atom. The van der Waals surface area contributed by atoms with Gasteiger partial charge in [0.05, 0.1) is 6.54 Å². The highest BCUT2D eigenvalue weighted by molar-refractivity contribution is 7.09. The van der Waals surface area contributed by atoms with Gasteiger partial charge in [0.2, 0.25) is 0 Å². The number of hydrogen-bond donors (Lipinski definition) is 1. The molecule has 1 atom stereocenters. The van der Waals surface area contributed by atoms with Crippen molar-refractivity contribution in [2.75, 3.05) is 13.1 Å². The number of aromatic nitrogens is 1. The van der Waals surface area contributed by atoms with Crippen LogP contribution in [0, 0.1) is 0 Å². The molecule has 0 saturated carbocycles. The first-order valence-electron chi connectivity index (χ1n) is 6.11. The summed E-state index contributed by atoms with van der Waals surface area (Å²) in [7, 11) is 0. The Balaban J connectivity index is 1.83. The van der Waals surface area contributed by atoms with E-state index >= 15 is 0 Å². The number of likely N-dealkylation sites (tertiary alicyclic amines) is 1. The Hall–Kier alpha value is -0.450. The van der Waals surface area contributed by atoms with E-state index in [4.69, 9.17) is 0 Å². The van der Waals surface area contributed by atoms with E-state index in [0.717, 1.165) is 13.1 Å². The normalized spacial score (nSPS) is 22.1. The van der Waals surface area contributed by atoms with E-state index in [1.807, 2.05) is 6.20 Å². The molecule has 1 aromatic rings. The highest BCUT2D eigenvalue weighted by atomic mass is 32.1. The lowest BCUT2D eigenvalue weighted by Crippen LogP contribution is -2.39. The molecular formula is C12H21N3S. The molecule has 1 aromatic heterocycles. The molecule has 1 unspecified atom stereocenters. The van der Waals surface area contributed by atoms with Crippen LogP contribution < -0.4 is 5.32 Å². The molecule has 0 aliphatic carbocycles. The summed E-state index contributed by atoms with van der Waals surface area (Å²) in [5, 5.41) is 6.85. The smallest absolute Gasteiger partial charge is 0.107 e. The van der Waals surface area contributed by atoms with E-state index in [0.29, 0.717) is 12.1 Å². The molecule has 16 heavy (non-hydrogen) atoms. The minimum absolute atomic E-state index is 0.585. The molecule has 0 spiro atoms. The van der Waals surface area contributed by atoms with Crippen molar-refractivity contribution in [3.8, 4) is 0 Å². The van der Waals surface area contributed by atoms with Crippen LogP contribution in [-0.4, -0.2) is 35.1 Å².